The van der Waals surface area contributed by atoms with Gasteiger partial charge in [-0.25, -0.2) is 4.79 Å². The molecule has 1 aliphatic carbocycles. The minimum Gasteiger partial charge on any atom is -0.481 e. The first-order valence-corrected chi connectivity index (χ1v) is 7.16. The molecule has 0 spiro atoms. The van der Waals surface area contributed by atoms with Crippen LogP contribution in [0.2, 0.25) is 0 Å². The molecule has 0 aromatic heterocycles. The Labute approximate surface area is 129 Å². The molecule has 22 heavy (non-hydrogen) atoms. The Morgan fingerprint density at radius 1 is 1.45 bits per heavy atom. The van der Waals surface area contributed by atoms with Crippen LogP contribution in [0.15, 0.2) is 22.8 Å². The summed E-state index contributed by atoms with van der Waals surface area (Å²) >= 11 is 0. The maximum absolute atomic E-state index is 11.7. The van der Waals surface area contributed by atoms with Gasteiger partial charge >= 0.3 is 11.9 Å². The monoisotopic (exact) mass is 312 g/mol. The van der Waals surface area contributed by atoms with Gasteiger partial charge in [0.2, 0.25) is 0 Å². The van der Waals surface area contributed by atoms with Crippen molar-refractivity contribution in [1.82, 2.24) is 5.32 Å². The number of nitrogens with two attached hydrogens (primary N) is 1. The molecule has 0 aromatic rings. The summed E-state index contributed by atoms with van der Waals surface area (Å²) in [6.07, 6.45) is 1.84. The van der Waals surface area contributed by atoms with Crippen molar-refractivity contribution in [2.45, 2.75) is 19.8 Å². The molecule has 0 aromatic carbocycles. The number of ether oxygens (including phenoxy) is 1. The molecule has 7 nitrogen and oxygen atoms in total. The number of hydrogen-bond donors (Lipinski definition) is 4. The standard InChI is InChI=1S/C15H24N2O5/c1-10-7-15(14(20)21,3-6-22-2)8-11(13(18)19)12(10)9-17-5-4-16/h7,17H,3-6,8-9,16H2,1-2H3,(H,18,19)(H,20,21). The predicted molar refractivity (Wildman–Crippen MR) is 81.5 cm³/mol. The van der Waals surface area contributed by atoms with Crippen LogP contribution >= 0.6 is 0 Å². The zero-order valence-electron chi connectivity index (χ0n) is 13.0. The van der Waals surface area contributed by atoms with Crippen molar-refractivity contribution in [3.63, 3.8) is 0 Å². The lowest BCUT2D eigenvalue weighted by molar-refractivity contribution is -0.147. The van der Waals surface area contributed by atoms with Gasteiger partial charge in [0.25, 0.3) is 0 Å². The summed E-state index contributed by atoms with van der Waals surface area (Å²) in [4.78, 5) is 23.3. The van der Waals surface area contributed by atoms with E-state index < -0.39 is 17.4 Å². The van der Waals surface area contributed by atoms with Gasteiger partial charge in [0.15, 0.2) is 0 Å². The normalized spacial score (nSPS) is 21.7. The molecule has 0 saturated heterocycles. The molecule has 1 aliphatic rings. The van der Waals surface area contributed by atoms with Gasteiger partial charge in [0.1, 0.15) is 0 Å². The number of carboxylic acid groups (broad SMARTS) is 2. The van der Waals surface area contributed by atoms with Crippen molar-refractivity contribution in [2.24, 2.45) is 11.1 Å². The maximum Gasteiger partial charge on any atom is 0.331 e. The second-order valence-electron chi connectivity index (χ2n) is 5.44. The van der Waals surface area contributed by atoms with Crippen molar-refractivity contribution >= 4 is 11.9 Å². The number of carbonyl (C=O) groups is 2. The molecule has 0 radical (unpaired) electrons. The fourth-order valence-electron chi connectivity index (χ4n) is 2.67. The van der Waals surface area contributed by atoms with E-state index in [1.165, 1.54) is 7.11 Å². The molecule has 1 atom stereocenters. The van der Waals surface area contributed by atoms with Gasteiger partial charge in [0, 0.05) is 38.9 Å². The number of hydrogen-bond acceptors (Lipinski definition) is 5. The molecule has 0 heterocycles. The Morgan fingerprint density at radius 2 is 2.14 bits per heavy atom. The summed E-state index contributed by atoms with van der Waals surface area (Å²) in [7, 11) is 1.49. The Balaban J connectivity index is 3.14. The van der Waals surface area contributed by atoms with E-state index in [0.29, 0.717) is 30.8 Å². The SMILES string of the molecule is COCCC1(C(=O)O)C=C(C)C(CNCCN)=C(C(=O)O)C1. The molecule has 0 amide bonds. The number of carboxylic acids is 2. The molecule has 0 fully saturated rings. The summed E-state index contributed by atoms with van der Waals surface area (Å²) in [5, 5.41) is 22.1. The Morgan fingerprint density at radius 3 is 2.64 bits per heavy atom. The van der Waals surface area contributed by atoms with Crippen LogP contribution in [-0.4, -0.2) is 55.5 Å². The van der Waals surface area contributed by atoms with E-state index in [-0.39, 0.29) is 25.0 Å². The van der Waals surface area contributed by atoms with Crippen LogP contribution in [0.4, 0.5) is 0 Å². The first kappa shape index (κ1) is 18.3. The average molecular weight is 312 g/mol. The van der Waals surface area contributed by atoms with E-state index in [1.807, 2.05) is 0 Å². The summed E-state index contributed by atoms with van der Waals surface area (Å²) in [5.41, 5.74) is 5.63. The third kappa shape index (κ3) is 4.16. The van der Waals surface area contributed by atoms with E-state index in [9.17, 15) is 19.8 Å². The molecule has 0 saturated carbocycles. The van der Waals surface area contributed by atoms with Gasteiger partial charge in [0.05, 0.1) is 5.41 Å². The smallest absolute Gasteiger partial charge is 0.331 e. The molecule has 124 valence electrons. The van der Waals surface area contributed by atoms with Gasteiger partial charge < -0.3 is 26.0 Å². The van der Waals surface area contributed by atoms with Crippen molar-refractivity contribution < 1.29 is 24.5 Å². The number of methoxy groups -OCH3 is 1. The quantitative estimate of drug-likeness (QED) is 0.454. The van der Waals surface area contributed by atoms with E-state index >= 15 is 0 Å². The van der Waals surface area contributed by atoms with Crippen molar-refractivity contribution in [3.05, 3.63) is 22.8 Å². The van der Waals surface area contributed by atoms with Gasteiger partial charge in [-0.15, -0.1) is 0 Å². The van der Waals surface area contributed by atoms with Crippen LogP contribution in [0.3, 0.4) is 0 Å². The van der Waals surface area contributed by atoms with Gasteiger partial charge in [-0.05, 0) is 30.9 Å². The third-order valence-electron chi connectivity index (χ3n) is 3.88. The van der Waals surface area contributed by atoms with Crippen molar-refractivity contribution in [3.8, 4) is 0 Å². The first-order chi connectivity index (χ1) is 10.4. The predicted octanol–water partition coefficient (Wildman–Crippen LogP) is 0.373. The molecule has 0 aliphatic heterocycles. The van der Waals surface area contributed by atoms with Gasteiger partial charge in [-0.2, -0.15) is 0 Å². The third-order valence-corrected chi connectivity index (χ3v) is 3.88. The summed E-state index contributed by atoms with van der Waals surface area (Å²) < 4.78 is 4.97. The lowest BCUT2D eigenvalue weighted by Crippen LogP contribution is -2.36. The fraction of sp³-hybridized carbons (Fsp3) is 0.600. The molecule has 0 bridgehead atoms. The Bertz CT molecular complexity index is 498. The maximum atomic E-state index is 11.7. The summed E-state index contributed by atoms with van der Waals surface area (Å²) in [6, 6.07) is 0. The van der Waals surface area contributed by atoms with E-state index in [4.69, 9.17) is 10.5 Å². The van der Waals surface area contributed by atoms with E-state index in [2.05, 4.69) is 5.32 Å². The van der Waals surface area contributed by atoms with Gasteiger partial charge in [-0.3, -0.25) is 4.79 Å². The van der Waals surface area contributed by atoms with Crippen LogP contribution in [0.1, 0.15) is 19.8 Å². The molecule has 7 heteroatoms. The number of rotatable bonds is 9. The minimum atomic E-state index is -1.23. The highest BCUT2D eigenvalue weighted by atomic mass is 16.5. The summed E-state index contributed by atoms with van der Waals surface area (Å²) in [6.45, 7) is 3.37. The molecule has 1 unspecified atom stereocenters. The van der Waals surface area contributed by atoms with Crippen LogP contribution < -0.4 is 11.1 Å². The zero-order valence-corrected chi connectivity index (χ0v) is 13.0. The van der Waals surface area contributed by atoms with Crippen molar-refractivity contribution in [1.29, 1.82) is 0 Å². The van der Waals surface area contributed by atoms with E-state index in [1.54, 1.807) is 13.0 Å². The molecular formula is C15H24N2O5. The van der Waals surface area contributed by atoms with Crippen LogP contribution in [0.5, 0.6) is 0 Å². The fourth-order valence-corrected chi connectivity index (χ4v) is 2.67. The minimum absolute atomic E-state index is 0.0436. The number of nitrogens with one attached hydrogen (secondary N) is 1. The highest BCUT2D eigenvalue weighted by Crippen LogP contribution is 2.40. The second-order valence-corrected chi connectivity index (χ2v) is 5.44. The van der Waals surface area contributed by atoms with Gasteiger partial charge in [-0.1, -0.05) is 6.08 Å². The Hall–Kier alpha value is -1.70. The van der Waals surface area contributed by atoms with Crippen LogP contribution in [0, 0.1) is 5.41 Å². The highest BCUT2D eigenvalue weighted by molar-refractivity contribution is 5.92. The molecular weight excluding hydrogens is 288 g/mol. The van der Waals surface area contributed by atoms with Crippen LogP contribution in [0.25, 0.3) is 0 Å². The van der Waals surface area contributed by atoms with Crippen LogP contribution in [-0.2, 0) is 14.3 Å². The largest absolute Gasteiger partial charge is 0.481 e. The number of aliphatic carboxylic acids is 2. The highest BCUT2D eigenvalue weighted by Gasteiger charge is 2.42. The lowest BCUT2D eigenvalue weighted by Gasteiger charge is -2.32. The second kappa shape index (κ2) is 8.07. The first-order valence-electron chi connectivity index (χ1n) is 7.16. The molecule has 5 N–H and O–H groups in total. The van der Waals surface area contributed by atoms with Crippen molar-refractivity contribution in [2.75, 3.05) is 33.4 Å². The topological polar surface area (TPSA) is 122 Å². The lowest BCUT2D eigenvalue weighted by atomic mass is 9.71. The average Bonchev–Trinajstić information content (AvgIpc) is 2.46. The Kier molecular flexibility index (Phi) is 6.73. The zero-order chi connectivity index (χ0) is 16.8. The van der Waals surface area contributed by atoms with E-state index in [0.717, 1.165) is 0 Å². The molecule has 1 rings (SSSR count). The summed E-state index contributed by atoms with van der Waals surface area (Å²) in [5.74, 6) is -2.11.